The number of hydrogen-bond donors (Lipinski definition) is 2. The van der Waals surface area contributed by atoms with Crippen LogP contribution < -0.4 is 20.1 Å². The molecule has 1 unspecified atom stereocenters. The molecule has 3 aromatic rings. The Bertz CT molecular complexity index is 1490. The number of halogens is 1. The molecule has 2 heterocycles. The van der Waals surface area contributed by atoms with Crippen molar-refractivity contribution in [1.29, 1.82) is 0 Å². The maximum absolute atomic E-state index is 13.8. The number of amides is 5. The molecule has 5 amide bonds. The van der Waals surface area contributed by atoms with Crippen LogP contribution in [-0.4, -0.2) is 47.1 Å². The first-order valence-corrected chi connectivity index (χ1v) is 11.6. The molecule has 192 valence electrons. The van der Waals surface area contributed by atoms with Crippen LogP contribution in [0.15, 0.2) is 66.7 Å². The first-order chi connectivity index (χ1) is 18.3. The molecule has 11 heteroatoms. The van der Waals surface area contributed by atoms with E-state index in [0.29, 0.717) is 11.4 Å². The van der Waals surface area contributed by atoms with Crippen LogP contribution in [0.2, 0.25) is 0 Å². The molecule has 0 bridgehead atoms. The predicted octanol–water partition coefficient (Wildman–Crippen LogP) is 3.04. The van der Waals surface area contributed by atoms with Crippen LogP contribution in [0.5, 0.6) is 17.2 Å². The minimum Gasteiger partial charge on any atom is -0.484 e. The van der Waals surface area contributed by atoms with Crippen molar-refractivity contribution in [2.75, 3.05) is 11.9 Å². The van der Waals surface area contributed by atoms with Gasteiger partial charge in [0.2, 0.25) is 11.8 Å². The van der Waals surface area contributed by atoms with Crippen LogP contribution in [0.1, 0.15) is 33.6 Å². The molecule has 2 N–H and O–H groups in total. The molecule has 1 atom stereocenters. The Kier molecular flexibility index (Phi) is 6.56. The molecule has 0 saturated carbocycles. The van der Waals surface area contributed by atoms with Gasteiger partial charge in [-0.3, -0.25) is 34.2 Å². The van der Waals surface area contributed by atoms with Gasteiger partial charge in [0, 0.05) is 18.2 Å². The van der Waals surface area contributed by atoms with Gasteiger partial charge in [-0.05, 0) is 48.9 Å². The van der Waals surface area contributed by atoms with Gasteiger partial charge in [0.25, 0.3) is 17.7 Å². The van der Waals surface area contributed by atoms with Crippen LogP contribution in [0.3, 0.4) is 0 Å². The Morgan fingerprint density at radius 3 is 2.53 bits per heavy atom. The number of benzene rings is 3. The van der Waals surface area contributed by atoms with E-state index in [1.807, 2.05) is 0 Å². The highest BCUT2D eigenvalue weighted by atomic mass is 19.1. The average Bonchev–Trinajstić information content (AvgIpc) is 3.14. The molecule has 1 saturated heterocycles. The number of fused-ring (bicyclic) bond motifs is 1. The van der Waals surface area contributed by atoms with Gasteiger partial charge in [-0.25, -0.2) is 4.39 Å². The van der Waals surface area contributed by atoms with Gasteiger partial charge >= 0.3 is 0 Å². The molecular weight excluding hydrogens is 497 g/mol. The highest BCUT2D eigenvalue weighted by Crippen LogP contribution is 2.30. The summed E-state index contributed by atoms with van der Waals surface area (Å²) in [5, 5.41) is 4.78. The third-order valence-electron chi connectivity index (χ3n) is 5.96. The van der Waals surface area contributed by atoms with E-state index in [1.165, 1.54) is 36.4 Å². The van der Waals surface area contributed by atoms with Crippen molar-refractivity contribution in [3.05, 3.63) is 83.7 Å². The summed E-state index contributed by atoms with van der Waals surface area (Å²) >= 11 is 0. The van der Waals surface area contributed by atoms with Crippen molar-refractivity contribution in [2.45, 2.75) is 18.9 Å². The fraction of sp³-hybridized carbons (Fsp3) is 0.148. The number of piperidine rings is 1. The SMILES string of the molecule is O=C1CCC(N2C(=O)c3ccc(OCC(=O)Nc4cccc(Oc5ccccc5F)c4)cc3C2=O)C(=O)N1. The number of imide groups is 2. The maximum atomic E-state index is 13.8. The number of carbonyl (C=O) groups excluding carboxylic acids is 5. The molecule has 0 aliphatic carbocycles. The van der Waals surface area contributed by atoms with Crippen molar-refractivity contribution >= 4 is 35.2 Å². The second-order valence-corrected chi connectivity index (χ2v) is 8.55. The summed E-state index contributed by atoms with van der Waals surface area (Å²) in [7, 11) is 0. The van der Waals surface area contributed by atoms with Gasteiger partial charge in [-0.15, -0.1) is 0 Å². The summed E-state index contributed by atoms with van der Waals surface area (Å²) in [6.07, 6.45) is 0.0671. The van der Waals surface area contributed by atoms with Crippen molar-refractivity contribution in [2.24, 2.45) is 0 Å². The summed E-state index contributed by atoms with van der Waals surface area (Å²) in [5.41, 5.74) is 0.529. The third-order valence-corrected chi connectivity index (χ3v) is 5.96. The molecule has 2 aliphatic heterocycles. The lowest BCUT2D eigenvalue weighted by molar-refractivity contribution is -0.136. The number of nitrogens with zero attached hydrogens (tertiary/aromatic N) is 1. The van der Waals surface area contributed by atoms with E-state index >= 15 is 0 Å². The molecule has 2 aliphatic rings. The zero-order chi connectivity index (χ0) is 26.8. The summed E-state index contributed by atoms with van der Waals surface area (Å²) < 4.78 is 24.9. The number of carbonyl (C=O) groups is 5. The molecular formula is C27H20FN3O7. The Morgan fingerprint density at radius 2 is 1.74 bits per heavy atom. The van der Waals surface area contributed by atoms with Gasteiger partial charge < -0.3 is 14.8 Å². The first kappa shape index (κ1) is 24.6. The van der Waals surface area contributed by atoms with Crippen molar-refractivity contribution in [3.63, 3.8) is 0 Å². The molecule has 0 radical (unpaired) electrons. The zero-order valence-electron chi connectivity index (χ0n) is 19.7. The first-order valence-electron chi connectivity index (χ1n) is 11.6. The minimum atomic E-state index is -1.08. The van der Waals surface area contributed by atoms with Crippen LogP contribution in [0.25, 0.3) is 0 Å². The number of para-hydroxylation sites is 1. The fourth-order valence-corrected chi connectivity index (χ4v) is 4.18. The Labute approximate surface area is 215 Å². The predicted molar refractivity (Wildman–Crippen MR) is 130 cm³/mol. The Balaban J connectivity index is 1.21. The van der Waals surface area contributed by atoms with E-state index in [1.54, 1.807) is 30.3 Å². The van der Waals surface area contributed by atoms with Crippen LogP contribution in [0.4, 0.5) is 10.1 Å². The van der Waals surface area contributed by atoms with Crippen LogP contribution in [0, 0.1) is 5.82 Å². The lowest BCUT2D eigenvalue weighted by Gasteiger charge is -2.27. The fourth-order valence-electron chi connectivity index (χ4n) is 4.18. The molecule has 5 rings (SSSR count). The van der Waals surface area contributed by atoms with Crippen LogP contribution in [-0.2, 0) is 14.4 Å². The third kappa shape index (κ3) is 4.94. The normalized spacial score (nSPS) is 16.7. The highest BCUT2D eigenvalue weighted by molar-refractivity contribution is 6.23. The Morgan fingerprint density at radius 1 is 0.947 bits per heavy atom. The molecule has 0 aromatic heterocycles. The monoisotopic (exact) mass is 517 g/mol. The van der Waals surface area contributed by atoms with Crippen molar-refractivity contribution in [3.8, 4) is 17.2 Å². The lowest BCUT2D eigenvalue weighted by Crippen LogP contribution is -2.54. The maximum Gasteiger partial charge on any atom is 0.262 e. The van der Waals surface area contributed by atoms with Gasteiger partial charge in [-0.2, -0.15) is 0 Å². The second kappa shape index (κ2) is 10.1. The molecule has 3 aromatic carbocycles. The molecule has 38 heavy (non-hydrogen) atoms. The van der Waals surface area contributed by atoms with E-state index in [2.05, 4.69) is 10.6 Å². The minimum absolute atomic E-state index is 0.0193. The largest absolute Gasteiger partial charge is 0.484 e. The molecule has 1 fully saturated rings. The number of rotatable bonds is 7. The zero-order valence-corrected chi connectivity index (χ0v) is 19.7. The van der Waals surface area contributed by atoms with Crippen molar-refractivity contribution < 1.29 is 37.8 Å². The number of nitrogens with one attached hydrogen (secondary N) is 2. The second-order valence-electron chi connectivity index (χ2n) is 8.55. The van der Waals surface area contributed by atoms with Gasteiger partial charge in [-0.1, -0.05) is 18.2 Å². The number of hydrogen-bond acceptors (Lipinski definition) is 7. The lowest BCUT2D eigenvalue weighted by atomic mass is 10.0. The Hall–Kier alpha value is -5.06. The summed E-state index contributed by atoms with van der Waals surface area (Å²) in [5.74, 6) is -2.99. The smallest absolute Gasteiger partial charge is 0.262 e. The van der Waals surface area contributed by atoms with Gasteiger partial charge in [0.15, 0.2) is 18.2 Å². The van der Waals surface area contributed by atoms with E-state index < -0.39 is 48.0 Å². The van der Waals surface area contributed by atoms with Crippen molar-refractivity contribution in [1.82, 2.24) is 10.2 Å². The number of ether oxygens (including phenoxy) is 2. The average molecular weight is 517 g/mol. The standard InChI is InChI=1S/C27H20FN3O7/c28-20-6-1-2-7-22(20)38-17-5-3-4-15(12-17)29-24(33)14-37-16-8-9-18-19(13-16)27(36)31(26(18)35)21-10-11-23(32)30-25(21)34/h1-9,12-13,21H,10-11,14H2,(H,29,33)(H,30,32,34). The summed E-state index contributed by atoms with van der Waals surface area (Å²) in [4.78, 5) is 62.6. The van der Waals surface area contributed by atoms with Gasteiger partial charge in [0.05, 0.1) is 11.1 Å². The molecule has 10 nitrogen and oxygen atoms in total. The summed E-state index contributed by atoms with van der Waals surface area (Å²) in [6, 6.07) is 15.4. The topological polar surface area (TPSA) is 131 Å². The molecule has 0 spiro atoms. The summed E-state index contributed by atoms with van der Waals surface area (Å²) in [6.45, 7) is -0.407. The quantitative estimate of drug-likeness (QED) is 0.461. The van der Waals surface area contributed by atoms with E-state index in [9.17, 15) is 28.4 Å². The highest BCUT2D eigenvalue weighted by Gasteiger charge is 2.44. The van der Waals surface area contributed by atoms with E-state index in [0.717, 1.165) is 4.90 Å². The van der Waals surface area contributed by atoms with E-state index in [4.69, 9.17) is 9.47 Å². The number of anilines is 1. The van der Waals surface area contributed by atoms with Crippen LogP contribution >= 0.6 is 0 Å². The van der Waals surface area contributed by atoms with Gasteiger partial charge in [0.1, 0.15) is 17.5 Å². The van der Waals surface area contributed by atoms with E-state index in [-0.39, 0.29) is 35.5 Å².